The van der Waals surface area contributed by atoms with E-state index in [1.165, 1.54) is 116 Å². The van der Waals surface area contributed by atoms with Gasteiger partial charge in [-0.2, -0.15) is 0 Å². The molecule has 0 heterocycles. The van der Waals surface area contributed by atoms with Gasteiger partial charge in [-0.15, -0.1) is 0 Å². The molecule has 160 valence electrons. The fourth-order valence-corrected chi connectivity index (χ4v) is 3.42. The minimum absolute atomic E-state index is 0.212. The van der Waals surface area contributed by atoms with Crippen molar-refractivity contribution in [3.63, 3.8) is 0 Å². The van der Waals surface area contributed by atoms with E-state index in [9.17, 15) is 4.79 Å². The molecule has 0 aromatic heterocycles. The maximum atomic E-state index is 10.9. The molecule has 3 nitrogen and oxygen atoms in total. The van der Waals surface area contributed by atoms with Gasteiger partial charge in [0.05, 0.1) is 13.5 Å². The summed E-state index contributed by atoms with van der Waals surface area (Å²) in [7, 11) is 1.41. The van der Waals surface area contributed by atoms with Crippen molar-refractivity contribution in [2.45, 2.75) is 129 Å². The number of hydrogen-bond donors (Lipinski definition) is 0. The summed E-state index contributed by atoms with van der Waals surface area (Å²) in [6, 6.07) is 0. The van der Waals surface area contributed by atoms with E-state index in [2.05, 4.69) is 16.7 Å². The normalized spacial score (nSPS) is 11.3. The number of ether oxygens (including phenoxy) is 1. The van der Waals surface area contributed by atoms with E-state index in [0.717, 1.165) is 13.0 Å². The molecule has 0 rings (SSSR count). The number of unbranched alkanes of at least 4 members (excludes halogenated alkanes) is 17. The second-order valence-corrected chi connectivity index (χ2v) is 7.88. The lowest BCUT2D eigenvalue weighted by Gasteiger charge is -2.03. The van der Waals surface area contributed by atoms with Crippen LogP contribution >= 0.6 is 0 Å². The molecular weight excluding hydrogens is 334 g/mol. The molecule has 0 atom stereocenters. The molecule has 0 aromatic carbocycles. The Bertz CT molecular complexity index is 328. The molecule has 0 aliphatic heterocycles. The molecule has 0 aliphatic carbocycles. The molecule has 3 heteroatoms. The van der Waals surface area contributed by atoms with E-state index in [1.54, 1.807) is 6.21 Å². The fourth-order valence-electron chi connectivity index (χ4n) is 3.42. The predicted molar refractivity (Wildman–Crippen MR) is 119 cm³/mol. The fraction of sp³-hybridized carbons (Fsp3) is 0.917. The lowest BCUT2D eigenvalue weighted by atomic mass is 10.0. The van der Waals surface area contributed by atoms with Crippen LogP contribution in [0, 0.1) is 0 Å². The molecular formula is C24H47NO2. The van der Waals surface area contributed by atoms with Crippen LogP contribution in [-0.4, -0.2) is 25.8 Å². The number of hydrogen-bond acceptors (Lipinski definition) is 3. The van der Waals surface area contributed by atoms with Gasteiger partial charge in [-0.25, -0.2) is 0 Å². The molecule has 0 spiro atoms. The molecule has 0 amide bonds. The van der Waals surface area contributed by atoms with Crippen molar-refractivity contribution in [3.05, 3.63) is 0 Å². The topological polar surface area (TPSA) is 38.7 Å². The quantitative estimate of drug-likeness (QED) is 0.116. The Labute approximate surface area is 169 Å². The highest BCUT2D eigenvalue weighted by Crippen LogP contribution is 2.14. The minimum Gasteiger partial charge on any atom is -0.469 e. The van der Waals surface area contributed by atoms with Gasteiger partial charge in [-0.05, 0) is 6.42 Å². The summed E-state index contributed by atoms with van der Waals surface area (Å²) in [6.45, 7) is 3.13. The summed E-state index contributed by atoms with van der Waals surface area (Å²) in [5, 5.41) is 0. The number of carbonyl (C=O) groups is 1. The predicted octanol–water partition coefficient (Wildman–Crippen LogP) is 7.66. The summed E-state index contributed by atoms with van der Waals surface area (Å²) in [5.41, 5.74) is 0. The average molecular weight is 382 g/mol. The molecule has 0 N–H and O–H groups in total. The average Bonchev–Trinajstić information content (AvgIpc) is 2.68. The molecule has 0 aliphatic rings. The SMILES string of the molecule is CCCCCCCCCCCCCCCCCCCCN=CCC(=O)OC. The van der Waals surface area contributed by atoms with Crippen LogP contribution in [0.5, 0.6) is 0 Å². The molecule has 0 saturated heterocycles. The first-order valence-electron chi connectivity index (χ1n) is 11.9. The number of nitrogens with zero attached hydrogens (tertiary/aromatic N) is 1. The molecule has 27 heavy (non-hydrogen) atoms. The summed E-state index contributed by atoms with van der Waals surface area (Å²) in [4.78, 5) is 15.1. The van der Waals surface area contributed by atoms with E-state index in [0.29, 0.717) is 6.42 Å². The van der Waals surface area contributed by atoms with Crippen LogP contribution in [0.3, 0.4) is 0 Å². The first-order valence-corrected chi connectivity index (χ1v) is 11.9. The molecule has 0 unspecified atom stereocenters. The molecule has 0 saturated carbocycles. The van der Waals surface area contributed by atoms with E-state index in [-0.39, 0.29) is 5.97 Å². The Morgan fingerprint density at radius 2 is 1.04 bits per heavy atom. The maximum absolute atomic E-state index is 10.9. The van der Waals surface area contributed by atoms with Crippen LogP contribution in [0.25, 0.3) is 0 Å². The maximum Gasteiger partial charge on any atom is 0.310 e. The van der Waals surface area contributed by atoms with Crippen molar-refractivity contribution >= 4 is 12.2 Å². The first-order chi connectivity index (χ1) is 13.3. The van der Waals surface area contributed by atoms with Gasteiger partial charge in [-0.1, -0.05) is 116 Å². The van der Waals surface area contributed by atoms with Crippen molar-refractivity contribution in [1.82, 2.24) is 0 Å². The van der Waals surface area contributed by atoms with Gasteiger partial charge in [0.2, 0.25) is 0 Å². The van der Waals surface area contributed by atoms with E-state index >= 15 is 0 Å². The van der Waals surface area contributed by atoms with Crippen molar-refractivity contribution in [3.8, 4) is 0 Å². The lowest BCUT2D eigenvalue weighted by Crippen LogP contribution is -2.00. The number of esters is 1. The van der Waals surface area contributed by atoms with Gasteiger partial charge in [-0.3, -0.25) is 9.79 Å². The second-order valence-electron chi connectivity index (χ2n) is 7.88. The monoisotopic (exact) mass is 381 g/mol. The third-order valence-corrected chi connectivity index (χ3v) is 5.26. The number of aliphatic imine (C=N–C) groups is 1. The van der Waals surface area contributed by atoms with Gasteiger partial charge in [0.15, 0.2) is 0 Å². The number of rotatable bonds is 21. The largest absolute Gasteiger partial charge is 0.469 e. The van der Waals surface area contributed by atoms with Crippen molar-refractivity contribution in [2.24, 2.45) is 4.99 Å². The van der Waals surface area contributed by atoms with Crippen LogP contribution in [0.4, 0.5) is 0 Å². The minimum atomic E-state index is -0.212. The first kappa shape index (κ1) is 26.1. The van der Waals surface area contributed by atoms with E-state index in [4.69, 9.17) is 0 Å². The molecule has 0 radical (unpaired) electrons. The lowest BCUT2D eigenvalue weighted by molar-refractivity contribution is -0.139. The highest BCUT2D eigenvalue weighted by atomic mass is 16.5. The van der Waals surface area contributed by atoms with Crippen LogP contribution in [0.15, 0.2) is 4.99 Å². The van der Waals surface area contributed by atoms with E-state index < -0.39 is 0 Å². The van der Waals surface area contributed by atoms with Gasteiger partial charge in [0.1, 0.15) is 0 Å². The van der Waals surface area contributed by atoms with Crippen LogP contribution < -0.4 is 0 Å². The zero-order chi connectivity index (χ0) is 19.8. The Morgan fingerprint density at radius 1 is 0.667 bits per heavy atom. The summed E-state index contributed by atoms with van der Waals surface area (Å²) >= 11 is 0. The smallest absolute Gasteiger partial charge is 0.310 e. The highest BCUT2D eigenvalue weighted by molar-refractivity contribution is 5.85. The summed E-state index contributed by atoms with van der Waals surface area (Å²) in [5.74, 6) is -0.212. The van der Waals surface area contributed by atoms with Gasteiger partial charge in [0.25, 0.3) is 0 Å². The van der Waals surface area contributed by atoms with E-state index in [1.807, 2.05) is 0 Å². The third-order valence-electron chi connectivity index (χ3n) is 5.26. The molecule has 0 fully saturated rings. The van der Waals surface area contributed by atoms with Gasteiger partial charge in [0, 0.05) is 12.8 Å². The molecule has 0 aromatic rings. The van der Waals surface area contributed by atoms with Crippen molar-refractivity contribution < 1.29 is 9.53 Å². The standard InChI is InChI=1S/C24H47NO2/c1-3-4-5-6-7-8-9-10-11-12-13-14-15-16-17-18-19-20-22-25-23-21-24(26)27-2/h23H,3-22H2,1-2H3. The Balaban J connectivity index is 3.06. The zero-order valence-corrected chi connectivity index (χ0v) is 18.5. The van der Waals surface area contributed by atoms with Crippen LogP contribution in [0.2, 0.25) is 0 Å². The number of carbonyl (C=O) groups excluding carboxylic acids is 1. The van der Waals surface area contributed by atoms with Crippen LogP contribution in [-0.2, 0) is 9.53 Å². The van der Waals surface area contributed by atoms with Crippen molar-refractivity contribution in [1.29, 1.82) is 0 Å². The summed E-state index contributed by atoms with van der Waals surface area (Å²) in [6.07, 6.45) is 27.1. The summed E-state index contributed by atoms with van der Waals surface area (Å²) < 4.78 is 4.56. The second kappa shape index (κ2) is 23.2. The van der Waals surface area contributed by atoms with Gasteiger partial charge < -0.3 is 4.74 Å². The Hall–Kier alpha value is -0.860. The highest BCUT2D eigenvalue weighted by Gasteiger charge is 1.96. The third kappa shape index (κ3) is 23.1. The number of methoxy groups -OCH3 is 1. The molecule has 0 bridgehead atoms. The van der Waals surface area contributed by atoms with Gasteiger partial charge >= 0.3 is 5.97 Å². The zero-order valence-electron chi connectivity index (χ0n) is 18.5. The van der Waals surface area contributed by atoms with Crippen molar-refractivity contribution in [2.75, 3.05) is 13.7 Å². The Kier molecular flexibility index (Phi) is 22.4. The van der Waals surface area contributed by atoms with Crippen LogP contribution in [0.1, 0.15) is 129 Å². The Morgan fingerprint density at radius 3 is 1.41 bits per heavy atom.